The third-order valence-corrected chi connectivity index (χ3v) is 2.60. The van der Waals surface area contributed by atoms with Gasteiger partial charge in [-0.15, -0.1) is 0 Å². The minimum atomic E-state index is -0.404. The van der Waals surface area contributed by atoms with Crippen LogP contribution in [0.4, 0.5) is 0 Å². The average Bonchev–Trinajstić information content (AvgIpc) is 2.55. The summed E-state index contributed by atoms with van der Waals surface area (Å²) < 4.78 is 4.68. The monoisotopic (exact) mass is 211 g/mol. The normalized spacial score (nSPS) is 23.7. The number of allylic oxidation sites excluding steroid dienone is 1. The van der Waals surface area contributed by atoms with Crippen LogP contribution < -0.4 is 0 Å². The van der Waals surface area contributed by atoms with Gasteiger partial charge in [0, 0.05) is 18.7 Å². The van der Waals surface area contributed by atoms with Crippen molar-refractivity contribution < 1.29 is 14.3 Å². The van der Waals surface area contributed by atoms with Crippen molar-refractivity contribution in [3.05, 3.63) is 11.6 Å². The standard InChI is InChI=1S/C11H17NO3/c1-4-6-12-7-9(11(14)15-3)8(5-2)10(12)13/h5,9H,4,6-7H2,1-3H3/b8-5+. The van der Waals surface area contributed by atoms with E-state index in [2.05, 4.69) is 4.74 Å². The van der Waals surface area contributed by atoms with Crippen molar-refractivity contribution in [3.63, 3.8) is 0 Å². The van der Waals surface area contributed by atoms with Crippen LogP contribution in [-0.4, -0.2) is 37.0 Å². The first-order chi connectivity index (χ1) is 7.15. The lowest BCUT2D eigenvalue weighted by Gasteiger charge is -2.13. The van der Waals surface area contributed by atoms with Gasteiger partial charge < -0.3 is 9.64 Å². The Morgan fingerprint density at radius 2 is 2.33 bits per heavy atom. The van der Waals surface area contributed by atoms with Crippen LogP contribution in [0.25, 0.3) is 0 Å². The van der Waals surface area contributed by atoms with Crippen LogP contribution in [0.15, 0.2) is 11.6 Å². The largest absolute Gasteiger partial charge is 0.468 e. The molecule has 0 N–H and O–H groups in total. The zero-order valence-corrected chi connectivity index (χ0v) is 9.45. The van der Waals surface area contributed by atoms with Crippen molar-refractivity contribution in [1.82, 2.24) is 4.90 Å². The molecule has 0 aromatic rings. The van der Waals surface area contributed by atoms with Crippen molar-refractivity contribution in [2.24, 2.45) is 5.92 Å². The van der Waals surface area contributed by atoms with Crippen molar-refractivity contribution >= 4 is 11.9 Å². The first-order valence-electron chi connectivity index (χ1n) is 5.19. The molecule has 15 heavy (non-hydrogen) atoms. The van der Waals surface area contributed by atoms with Crippen molar-refractivity contribution in [2.45, 2.75) is 20.3 Å². The van der Waals surface area contributed by atoms with Gasteiger partial charge in [0.05, 0.1) is 7.11 Å². The quantitative estimate of drug-likeness (QED) is 0.516. The van der Waals surface area contributed by atoms with Gasteiger partial charge in [0.25, 0.3) is 0 Å². The maximum absolute atomic E-state index is 11.8. The van der Waals surface area contributed by atoms with Crippen molar-refractivity contribution in [3.8, 4) is 0 Å². The maximum Gasteiger partial charge on any atom is 0.315 e. The number of likely N-dealkylation sites (tertiary alicyclic amines) is 1. The summed E-state index contributed by atoms with van der Waals surface area (Å²) in [7, 11) is 1.35. The summed E-state index contributed by atoms with van der Waals surface area (Å²) in [6, 6.07) is 0. The number of carbonyl (C=O) groups excluding carboxylic acids is 2. The molecule has 0 spiro atoms. The Hall–Kier alpha value is -1.32. The highest BCUT2D eigenvalue weighted by Crippen LogP contribution is 2.25. The molecule has 0 radical (unpaired) electrons. The van der Waals surface area contributed by atoms with E-state index in [9.17, 15) is 9.59 Å². The van der Waals surface area contributed by atoms with Crippen molar-refractivity contribution in [2.75, 3.05) is 20.2 Å². The molecule has 0 aromatic heterocycles. The van der Waals surface area contributed by atoms with Crippen LogP contribution in [0.1, 0.15) is 20.3 Å². The Morgan fingerprint density at radius 1 is 1.67 bits per heavy atom. The van der Waals surface area contributed by atoms with E-state index in [0.29, 0.717) is 18.7 Å². The fraction of sp³-hybridized carbons (Fsp3) is 0.636. The molecule has 1 aliphatic rings. The summed E-state index contributed by atoms with van der Waals surface area (Å²) in [4.78, 5) is 24.9. The summed E-state index contributed by atoms with van der Waals surface area (Å²) in [5.74, 6) is -0.760. The summed E-state index contributed by atoms with van der Waals surface area (Å²) in [6.07, 6.45) is 2.61. The van der Waals surface area contributed by atoms with Crippen LogP contribution >= 0.6 is 0 Å². The smallest absolute Gasteiger partial charge is 0.315 e. The van der Waals surface area contributed by atoms with E-state index < -0.39 is 5.92 Å². The van der Waals surface area contributed by atoms with Crippen molar-refractivity contribution in [1.29, 1.82) is 0 Å². The molecule has 1 amide bonds. The number of methoxy groups -OCH3 is 1. The molecule has 1 atom stereocenters. The van der Waals surface area contributed by atoms with Crippen LogP contribution in [0.5, 0.6) is 0 Å². The summed E-state index contributed by atoms with van der Waals surface area (Å²) >= 11 is 0. The lowest BCUT2D eigenvalue weighted by Crippen LogP contribution is -2.27. The number of amides is 1. The Bertz CT molecular complexity index is 296. The molecule has 1 unspecified atom stereocenters. The molecule has 1 aliphatic heterocycles. The first kappa shape index (κ1) is 11.8. The molecule has 0 bridgehead atoms. The second kappa shape index (κ2) is 4.96. The zero-order valence-electron chi connectivity index (χ0n) is 9.45. The Balaban J connectivity index is 2.84. The van der Waals surface area contributed by atoms with Gasteiger partial charge in [0.2, 0.25) is 5.91 Å². The second-order valence-corrected chi connectivity index (χ2v) is 3.57. The number of ether oxygens (including phenoxy) is 1. The lowest BCUT2D eigenvalue weighted by atomic mass is 10.0. The molecular weight excluding hydrogens is 194 g/mol. The van der Waals surface area contributed by atoms with Crippen LogP contribution in [0.3, 0.4) is 0 Å². The summed E-state index contributed by atoms with van der Waals surface area (Å²) in [5, 5.41) is 0. The molecule has 0 aromatic carbocycles. The first-order valence-corrected chi connectivity index (χ1v) is 5.19. The Kier molecular flexibility index (Phi) is 3.88. The highest BCUT2D eigenvalue weighted by atomic mass is 16.5. The van der Waals surface area contributed by atoms with Gasteiger partial charge in [-0.05, 0) is 13.3 Å². The van der Waals surface area contributed by atoms with Gasteiger partial charge in [0.15, 0.2) is 0 Å². The number of carbonyl (C=O) groups is 2. The molecule has 4 nitrogen and oxygen atoms in total. The summed E-state index contributed by atoms with van der Waals surface area (Å²) in [5.41, 5.74) is 0.565. The van der Waals surface area contributed by atoms with E-state index in [-0.39, 0.29) is 11.9 Å². The van der Waals surface area contributed by atoms with Gasteiger partial charge in [0.1, 0.15) is 5.92 Å². The molecule has 4 heteroatoms. The minimum Gasteiger partial charge on any atom is -0.468 e. The van der Waals surface area contributed by atoms with Gasteiger partial charge in [-0.25, -0.2) is 0 Å². The molecule has 0 saturated carbocycles. The van der Waals surface area contributed by atoms with E-state index >= 15 is 0 Å². The topological polar surface area (TPSA) is 46.6 Å². The fourth-order valence-electron chi connectivity index (χ4n) is 1.86. The van der Waals surface area contributed by atoms with E-state index in [1.165, 1.54) is 7.11 Å². The molecule has 1 saturated heterocycles. The van der Waals surface area contributed by atoms with Gasteiger partial charge in [-0.3, -0.25) is 9.59 Å². The van der Waals surface area contributed by atoms with Gasteiger partial charge >= 0.3 is 5.97 Å². The predicted octanol–water partition coefficient (Wildman–Crippen LogP) is 0.974. The Labute approximate surface area is 89.9 Å². The van der Waals surface area contributed by atoms with Crippen LogP contribution in [0, 0.1) is 5.92 Å². The summed E-state index contributed by atoms with van der Waals surface area (Å²) in [6.45, 7) is 4.94. The fourth-order valence-corrected chi connectivity index (χ4v) is 1.86. The van der Waals surface area contributed by atoms with Gasteiger partial charge in [-0.1, -0.05) is 13.0 Å². The maximum atomic E-state index is 11.8. The second-order valence-electron chi connectivity index (χ2n) is 3.57. The molecular formula is C11H17NO3. The third-order valence-electron chi connectivity index (χ3n) is 2.60. The number of nitrogens with zero attached hydrogens (tertiary/aromatic N) is 1. The molecule has 1 heterocycles. The van der Waals surface area contributed by atoms with Crippen LogP contribution in [-0.2, 0) is 14.3 Å². The SMILES string of the molecule is C/C=C1/C(=O)N(CCC)CC1C(=O)OC. The van der Waals surface area contributed by atoms with Crippen LogP contribution in [0.2, 0.25) is 0 Å². The van der Waals surface area contributed by atoms with E-state index in [1.807, 2.05) is 6.92 Å². The molecule has 84 valence electrons. The zero-order chi connectivity index (χ0) is 11.4. The number of hydrogen-bond donors (Lipinski definition) is 0. The van der Waals surface area contributed by atoms with E-state index in [1.54, 1.807) is 17.9 Å². The van der Waals surface area contributed by atoms with E-state index in [4.69, 9.17) is 0 Å². The average molecular weight is 211 g/mol. The predicted molar refractivity (Wildman–Crippen MR) is 56.1 cm³/mol. The molecule has 1 fully saturated rings. The Morgan fingerprint density at radius 3 is 2.80 bits per heavy atom. The van der Waals surface area contributed by atoms with E-state index in [0.717, 1.165) is 6.42 Å². The lowest BCUT2D eigenvalue weighted by molar-refractivity contribution is -0.143. The third kappa shape index (κ3) is 2.19. The minimum absolute atomic E-state index is 0.0326. The molecule has 1 rings (SSSR count). The molecule has 0 aliphatic carbocycles. The highest BCUT2D eigenvalue weighted by Gasteiger charge is 2.38. The number of rotatable bonds is 3. The highest BCUT2D eigenvalue weighted by molar-refractivity contribution is 6.02. The van der Waals surface area contributed by atoms with Gasteiger partial charge in [-0.2, -0.15) is 0 Å². The number of esters is 1. The number of hydrogen-bond acceptors (Lipinski definition) is 3.